The first-order chi connectivity index (χ1) is 16.4. The van der Waals surface area contributed by atoms with E-state index < -0.39 is 11.9 Å². The van der Waals surface area contributed by atoms with Gasteiger partial charge in [-0.05, 0) is 96.5 Å². The van der Waals surface area contributed by atoms with Crippen LogP contribution in [0.4, 0.5) is 0 Å². The molecule has 178 valence electrons. The molecule has 5 nitrogen and oxygen atoms in total. The summed E-state index contributed by atoms with van der Waals surface area (Å²) in [6, 6.07) is 15.6. The van der Waals surface area contributed by atoms with Gasteiger partial charge in [-0.25, -0.2) is 9.59 Å². The third-order valence-electron chi connectivity index (χ3n) is 5.90. The maximum absolute atomic E-state index is 12.8. The predicted octanol–water partition coefficient (Wildman–Crippen LogP) is 7.08. The molecule has 0 fully saturated rings. The van der Waals surface area contributed by atoms with Gasteiger partial charge in [-0.15, -0.1) is 6.58 Å². The number of carboxylic acids is 1. The average Bonchev–Trinajstić information content (AvgIpc) is 2.83. The van der Waals surface area contributed by atoms with Gasteiger partial charge < -0.3 is 14.6 Å². The van der Waals surface area contributed by atoms with Crippen molar-refractivity contribution in [3.8, 4) is 11.5 Å². The number of allylic oxidation sites excluding steroid dienone is 1. The lowest BCUT2D eigenvalue weighted by molar-refractivity contribution is 0.0694. The molecule has 0 saturated heterocycles. The van der Waals surface area contributed by atoms with Crippen LogP contribution in [0.2, 0.25) is 0 Å². The fraction of sp³-hybridized carbons (Fsp3) is 0.310. The Morgan fingerprint density at radius 1 is 1.00 bits per heavy atom. The third kappa shape index (κ3) is 6.70. The van der Waals surface area contributed by atoms with Gasteiger partial charge in [-0.3, -0.25) is 0 Å². The Morgan fingerprint density at radius 3 is 2.41 bits per heavy atom. The first-order valence-corrected chi connectivity index (χ1v) is 11.8. The van der Waals surface area contributed by atoms with Crippen LogP contribution in [0.25, 0.3) is 10.8 Å². The molecule has 0 heterocycles. The highest BCUT2D eigenvalue weighted by Gasteiger charge is 2.14. The summed E-state index contributed by atoms with van der Waals surface area (Å²) in [7, 11) is 0. The molecular weight excluding hydrogens is 428 g/mol. The largest absolute Gasteiger partial charge is 0.494 e. The molecule has 0 saturated carbocycles. The van der Waals surface area contributed by atoms with Crippen molar-refractivity contribution in [1.82, 2.24) is 0 Å². The van der Waals surface area contributed by atoms with E-state index in [2.05, 4.69) is 20.4 Å². The summed E-state index contributed by atoms with van der Waals surface area (Å²) in [5.41, 5.74) is 1.65. The molecule has 0 bridgehead atoms. The first kappa shape index (κ1) is 25.0. The summed E-state index contributed by atoms with van der Waals surface area (Å²) in [6.45, 7) is 8.60. The molecule has 0 amide bonds. The van der Waals surface area contributed by atoms with Crippen LogP contribution in [0.1, 0.15) is 65.8 Å². The minimum Gasteiger partial charge on any atom is -0.494 e. The standard InChI is InChI=1S/C29H32O5/c1-4-6-7-8-15-33-25-13-11-21(12-14-25)29(32)34-26-17-22-9-10-23(28(30)31)19-27(22)24(18-26)16-20(3)5-2/h4,9-14,17-20H,1,5-8,15-16H2,2-3H3,(H,30,31)/t20-/m0/s1. The minimum atomic E-state index is -0.962. The van der Waals surface area contributed by atoms with Gasteiger partial charge in [0.2, 0.25) is 0 Å². The zero-order chi connectivity index (χ0) is 24.5. The second kappa shape index (κ2) is 12.0. The van der Waals surface area contributed by atoms with Crippen molar-refractivity contribution in [2.75, 3.05) is 6.61 Å². The Hall–Kier alpha value is -3.60. The molecule has 1 atom stereocenters. The van der Waals surface area contributed by atoms with Crippen molar-refractivity contribution in [2.45, 2.75) is 46.0 Å². The number of benzene rings is 3. The maximum Gasteiger partial charge on any atom is 0.343 e. The van der Waals surface area contributed by atoms with Crippen molar-refractivity contribution < 1.29 is 24.2 Å². The number of carbonyl (C=O) groups is 2. The van der Waals surface area contributed by atoms with Crippen LogP contribution in [-0.2, 0) is 6.42 Å². The number of carbonyl (C=O) groups excluding carboxylic acids is 1. The number of aromatic carboxylic acids is 1. The molecular formula is C29H32O5. The van der Waals surface area contributed by atoms with Crippen LogP contribution in [0, 0.1) is 5.92 Å². The van der Waals surface area contributed by atoms with E-state index in [0.717, 1.165) is 48.4 Å². The van der Waals surface area contributed by atoms with Gasteiger partial charge >= 0.3 is 11.9 Å². The van der Waals surface area contributed by atoms with E-state index in [1.807, 2.05) is 12.1 Å². The zero-order valence-corrected chi connectivity index (χ0v) is 19.9. The Labute approximate surface area is 201 Å². The molecule has 5 heteroatoms. The van der Waals surface area contributed by atoms with Crippen LogP contribution in [0.3, 0.4) is 0 Å². The van der Waals surface area contributed by atoms with Crippen molar-refractivity contribution in [1.29, 1.82) is 0 Å². The van der Waals surface area contributed by atoms with Gasteiger partial charge in [-0.2, -0.15) is 0 Å². The normalized spacial score (nSPS) is 11.7. The van der Waals surface area contributed by atoms with E-state index in [0.29, 0.717) is 29.6 Å². The summed E-state index contributed by atoms with van der Waals surface area (Å²) < 4.78 is 11.4. The number of carboxylic acid groups (broad SMARTS) is 1. The second-order valence-electron chi connectivity index (χ2n) is 8.59. The monoisotopic (exact) mass is 460 g/mol. The number of esters is 1. The average molecular weight is 461 g/mol. The Bertz CT molecular complexity index is 1150. The Morgan fingerprint density at radius 2 is 1.74 bits per heavy atom. The van der Waals surface area contributed by atoms with Gasteiger partial charge in [-0.1, -0.05) is 32.4 Å². The van der Waals surface area contributed by atoms with Gasteiger partial charge in [0.25, 0.3) is 0 Å². The summed E-state index contributed by atoms with van der Waals surface area (Å²) in [6.07, 6.45) is 6.62. The van der Waals surface area contributed by atoms with Crippen LogP contribution in [-0.4, -0.2) is 23.7 Å². The van der Waals surface area contributed by atoms with Crippen molar-refractivity contribution in [3.05, 3.63) is 83.9 Å². The first-order valence-electron chi connectivity index (χ1n) is 11.8. The lowest BCUT2D eigenvalue weighted by Gasteiger charge is -2.14. The number of fused-ring (bicyclic) bond motifs is 1. The third-order valence-corrected chi connectivity index (χ3v) is 5.90. The lowest BCUT2D eigenvalue weighted by atomic mass is 9.93. The van der Waals surface area contributed by atoms with Crippen molar-refractivity contribution in [2.24, 2.45) is 5.92 Å². The minimum absolute atomic E-state index is 0.241. The van der Waals surface area contributed by atoms with Crippen LogP contribution in [0.15, 0.2) is 67.3 Å². The van der Waals surface area contributed by atoms with E-state index in [1.54, 1.807) is 48.5 Å². The molecule has 0 radical (unpaired) electrons. The maximum atomic E-state index is 12.8. The molecule has 0 unspecified atom stereocenters. The summed E-state index contributed by atoms with van der Waals surface area (Å²) in [4.78, 5) is 24.2. The SMILES string of the molecule is C=CCCCCOc1ccc(C(=O)Oc2cc(C[C@@H](C)CC)c3cc(C(=O)O)ccc3c2)cc1. The molecule has 1 N–H and O–H groups in total. The highest BCUT2D eigenvalue weighted by molar-refractivity contribution is 5.97. The number of hydrogen-bond donors (Lipinski definition) is 1. The quantitative estimate of drug-likeness (QED) is 0.135. The lowest BCUT2D eigenvalue weighted by Crippen LogP contribution is -2.09. The zero-order valence-electron chi connectivity index (χ0n) is 19.9. The van der Waals surface area contributed by atoms with E-state index in [1.165, 1.54) is 0 Å². The van der Waals surface area contributed by atoms with Gasteiger partial charge in [0, 0.05) is 0 Å². The fourth-order valence-electron chi connectivity index (χ4n) is 3.72. The summed E-state index contributed by atoms with van der Waals surface area (Å²) in [5.74, 6) is 0.156. The molecule has 0 aliphatic heterocycles. The molecule has 0 aliphatic rings. The highest BCUT2D eigenvalue weighted by Crippen LogP contribution is 2.30. The molecule has 0 aromatic heterocycles. The predicted molar refractivity (Wildman–Crippen MR) is 135 cm³/mol. The smallest absolute Gasteiger partial charge is 0.343 e. The van der Waals surface area contributed by atoms with Crippen molar-refractivity contribution >= 4 is 22.7 Å². The molecule has 0 aliphatic carbocycles. The number of rotatable bonds is 12. The van der Waals surface area contributed by atoms with E-state index >= 15 is 0 Å². The number of ether oxygens (including phenoxy) is 2. The van der Waals surface area contributed by atoms with Gasteiger partial charge in [0.1, 0.15) is 11.5 Å². The van der Waals surface area contributed by atoms with E-state index in [-0.39, 0.29) is 5.56 Å². The van der Waals surface area contributed by atoms with E-state index in [4.69, 9.17) is 9.47 Å². The van der Waals surface area contributed by atoms with Crippen LogP contribution >= 0.6 is 0 Å². The van der Waals surface area contributed by atoms with Crippen LogP contribution < -0.4 is 9.47 Å². The molecule has 0 spiro atoms. The molecule has 3 rings (SSSR count). The van der Waals surface area contributed by atoms with Crippen LogP contribution in [0.5, 0.6) is 11.5 Å². The Balaban J connectivity index is 1.76. The van der Waals surface area contributed by atoms with Gasteiger partial charge in [0.15, 0.2) is 0 Å². The Kier molecular flexibility index (Phi) is 8.86. The van der Waals surface area contributed by atoms with Crippen molar-refractivity contribution in [3.63, 3.8) is 0 Å². The summed E-state index contributed by atoms with van der Waals surface area (Å²) in [5, 5.41) is 11.1. The topological polar surface area (TPSA) is 72.8 Å². The second-order valence-corrected chi connectivity index (χ2v) is 8.59. The molecule has 34 heavy (non-hydrogen) atoms. The molecule has 3 aromatic carbocycles. The summed E-state index contributed by atoms with van der Waals surface area (Å²) >= 11 is 0. The van der Waals surface area contributed by atoms with E-state index in [9.17, 15) is 14.7 Å². The number of unbranched alkanes of at least 4 members (excludes halogenated alkanes) is 2. The molecule has 3 aromatic rings. The van der Waals surface area contributed by atoms with Gasteiger partial charge in [0.05, 0.1) is 17.7 Å². The fourth-order valence-corrected chi connectivity index (χ4v) is 3.72. The number of hydrogen-bond acceptors (Lipinski definition) is 4. The highest BCUT2D eigenvalue weighted by atomic mass is 16.5.